The summed E-state index contributed by atoms with van der Waals surface area (Å²) in [5.74, 6) is -0.790. The Balaban J connectivity index is 2.03. The van der Waals surface area contributed by atoms with Crippen molar-refractivity contribution in [2.24, 2.45) is 11.8 Å². The highest BCUT2D eigenvalue weighted by Crippen LogP contribution is 2.20. The zero-order chi connectivity index (χ0) is 21.4. The van der Waals surface area contributed by atoms with E-state index in [9.17, 15) is 14.4 Å². The van der Waals surface area contributed by atoms with E-state index in [0.717, 1.165) is 25.7 Å². The molecule has 0 spiro atoms. The second-order valence-corrected chi connectivity index (χ2v) is 8.35. The third-order valence-corrected chi connectivity index (χ3v) is 5.60. The van der Waals surface area contributed by atoms with Gasteiger partial charge in [-0.15, -0.1) is 0 Å². The molecule has 29 heavy (non-hydrogen) atoms. The van der Waals surface area contributed by atoms with Gasteiger partial charge in [0.05, 0.1) is 16.5 Å². The molecule has 2 N–H and O–H groups in total. The van der Waals surface area contributed by atoms with Crippen molar-refractivity contribution in [1.29, 1.82) is 0 Å². The molecule has 1 saturated heterocycles. The van der Waals surface area contributed by atoms with Crippen LogP contribution < -0.4 is 10.6 Å². The van der Waals surface area contributed by atoms with E-state index in [0.29, 0.717) is 30.2 Å². The molecule has 0 aromatic heterocycles. The van der Waals surface area contributed by atoms with Crippen molar-refractivity contribution < 1.29 is 14.4 Å². The number of benzene rings is 1. The number of carbonyl (C=O) groups is 3. The maximum atomic E-state index is 13.2. The molecule has 3 amide bonds. The highest BCUT2D eigenvalue weighted by Gasteiger charge is 2.34. The van der Waals surface area contributed by atoms with Crippen LogP contribution in [0.15, 0.2) is 24.3 Å². The third kappa shape index (κ3) is 6.46. The van der Waals surface area contributed by atoms with Gasteiger partial charge in [-0.1, -0.05) is 50.9 Å². The summed E-state index contributed by atoms with van der Waals surface area (Å²) in [7, 11) is 0. The Kier molecular flexibility index (Phi) is 8.96. The van der Waals surface area contributed by atoms with Crippen LogP contribution >= 0.6 is 11.6 Å². The van der Waals surface area contributed by atoms with Gasteiger partial charge in [-0.25, -0.2) is 0 Å². The lowest BCUT2D eigenvalue weighted by molar-refractivity contribution is -0.138. The molecule has 1 aromatic rings. The second kappa shape index (κ2) is 11.2. The maximum absolute atomic E-state index is 13.2. The standard InChI is InChI=1S/C22H32ClN3O3/c1-4-5-12-24-20(27)16-9-8-13-26(14-16)22(29)19(15(2)3)25-21(28)17-10-6-7-11-18(17)23/h6-7,10-11,15-16,19H,4-5,8-9,12-14H2,1-3H3,(H,24,27)(H,25,28). The molecule has 1 fully saturated rings. The fraction of sp³-hybridized carbons (Fsp3) is 0.591. The number of hydrogen-bond donors (Lipinski definition) is 2. The lowest BCUT2D eigenvalue weighted by Gasteiger charge is -2.35. The first-order valence-electron chi connectivity index (χ1n) is 10.5. The number of hydrogen-bond acceptors (Lipinski definition) is 3. The topological polar surface area (TPSA) is 78.5 Å². The van der Waals surface area contributed by atoms with Crippen LogP contribution in [0.2, 0.25) is 5.02 Å². The largest absolute Gasteiger partial charge is 0.356 e. The molecule has 0 saturated carbocycles. The lowest BCUT2D eigenvalue weighted by atomic mass is 9.94. The van der Waals surface area contributed by atoms with Crippen LogP contribution in [-0.4, -0.2) is 48.3 Å². The van der Waals surface area contributed by atoms with Crippen LogP contribution in [0.5, 0.6) is 0 Å². The minimum absolute atomic E-state index is 0.0112. The number of amides is 3. The summed E-state index contributed by atoms with van der Waals surface area (Å²) in [5.41, 5.74) is 0.347. The summed E-state index contributed by atoms with van der Waals surface area (Å²) >= 11 is 6.12. The van der Waals surface area contributed by atoms with Crippen molar-refractivity contribution in [3.8, 4) is 0 Å². The highest BCUT2D eigenvalue weighted by atomic mass is 35.5. The Labute approximate surface area is 178 Å². The molecule has 6 nitrogen and oxygen atoms in total. The Bertz CT molecular complexity index is 723. The Morgan fingerprint density at radius 3 is 2.62 bits per heavy atom. The van der Waals surface area contributed by atoms with Gasteiger partial charge in [0.2, 0.25) is 11.8 Å². The van der Waals surface area contributed by atoms with Crippen molar-refractivity contribution in [1.82, 2.24) is 15.5 Å². The summed E-state index contributed by atoms with van der Waals surface area (Å²) < 4.78 is 0. The molecule has 0 radical (unpaired) electrons. The predicted molar refractivity (Wildman–Crippen MR) is 115 cm³/mol. The molecule has 1 aliphatic rings. The number of piperidine rings is 1. The minimum atomic E-state index is -0.666. The van der Waals surface area contributed by atoms with E-state index in [1.54, 1.807) is 29.2 Å². The van der Waals surface area contributed by atoms with Gasteiger partial charge in [-0.05, 0) is 37.3 Å². The lowest BCUT2D eigenvalue weighted by Crippen LogP contribution is -2.54. The fourth-order valence-electron chi connectivity index (χ4n) is 3.50. The average molecular weight is 422 g/mol. The maximum Gasteiger partial charge on any atom is 0.253 e. The smallest absolute Gasteiger partial charge is 0.253 e. The number of likely N-dealkylation sites (tertiary alicyclic amines) is 1. The highest BCUT2D eigenvalue weighted by molar-refractivity contribution is 6.33. The van der Waals surface area contributed by atoms with Gasteiger partial charge in [0, 0.05) is 19.6 Å². The molecule has 2 rings (SSSR count). The van der Waals surface area contributed by atoms with Crippen molar-refractivity contribution >= 4 is 29.3 Å². The normalized spacial score (nSPS) is 17.7. The molecule has 1 aromatic carbocycles. The summed E-state index contributed by atoms with van der Waals surface area (Å²) in [6.07, 6.45) is 3.53. The first-order valence-corrected chi connectivity index (χ1v) is 10.8. The summed E-state index contributed by atoms with van der Waals surface area (Å²) in [6, 6.07) is 6.11. The van der Waals surface area contributed by atoms with Crippen LogP contribution in [-0.2, 0) is 9.59 Å². The number of unbranched alkanes of at least 4 members (excludes halogenated alkanes) is 1. The Hall–Kier alpha value is -2.08. The average Bonchev–Trinajstić information content (AvgIpc) is 2.71. The molecule has 1 heterocycles. The van der Waals surface area contributed by atoms with E-state index in [4.69, 9.17) is 11.6 Å². The Morgan fingerprint density at radius 1 is 1.24 bits per heavy atom. The van der Waals surface area contributed by atoms with Gasteiger partial charge in [-0.2, -0.15) is 0 Å². The number of rotatable bonds is 8. The summed E-state index contributed by atoms with van der Waals surface area (Å²) in [6.45, 7) is 7.53. The molecular formula is C22H32ClN3O3. The van der Waals surface area contributed by atoms with Gasteiger partial charge in [0.15, 0.2) is 0 Å². The van der Waals surface area contributed by atoms with Gasteiger partial charge in [0.25, 0.3) is 5.91 Å². The van der Waals surface area contributed by atoms with E-state index in [-0.39, 0.29) is 29.6 Å². The van der Waals surface area contributed by atoms with Crippen molar-refractivity contribution in [2.75, 3.05) is 19.6 Å². The third-order valence-electron chi connectivity index (χ3n) is 5.27. The van der Waals surface area contributed by atoms with Crippen LogP contribution in [0.4, 0.5) is 0 Å². The van der Waals surface area contributed by atoms with E-state index in [1.165, 1.54) is 0 Å². The SMILES string of the molecule is CCCCNC(=O)C1CCCN(C(=O)C(NC(=O)c2ccccc2Cl)C(C)C)C1. The summed E-state index contributed by atoms with van der Waals surface area (Å²) in [4.78, 5) is 39.9. The number of carbonyl (C=O) groups excluding carboxylic acids is 3. The first kappa shape index (κ1) is 23.2. The number of nitrogens with one attached hydrogen (secondary N) is 2. The monoisotopic (exact) mass is 421 g/mol. The summed E-state index contributed by atoms with van der Waals surface area (Å²) in [5, 5.41) is 6.15. The van der Waals surface area contributed by atoms with Crippen molar-refractivity contribution in [3.05, 3.63) is 34.9 Å². The van der Waals surface area contributed by atoms with Crippen molar-refractivity contribution in [3.63, 3.8) is 0 Å². The van der Waals surface area contributed by atoms with Gasteiger partial charge < -0.3 is 15.5 Å². The van der Waals surface area contributed by atoms with Crippen LogP contribution in [0.1, 0.15) is 56.8 Å². The van der Waals surface area contributed by atoms with Crippen LogP contribution in [0, 0.1) is 11.8 Å². The van der Waals surface area contributed by atoms with E-state index in [1.807, 2.05) is 13.8 Å². The zero-order valence-corrected chi connectivity index (χ0v) is 18.3. The van der Waals surface area contributed by atoms with E-state index < -0.39 is 6.04 Å². The number of nitrogens with zero attached hydrogens (tertiary/aromatic N) is 1. The molecular weight excluding hydrogens is 390 g/mol. The van der Waals surface area contributed by atoms with Crippen molar-refractivity contribution in [2.45, 2.75) is 52.5 Å². The van der Waals surface area contributed by atoms with Gasteiger partial charge in [-0.3, -0.25) is 14.4 Å². The first-order chi connectivity index (χ1) is 13.8. The molecule has 1 aliphatic heterocycles. The van der Waals surface area contributed by atoms with Crippen LogP contribution in [0.3, 0.4) is 0 Å². The number of halogens is 1. The quantitative estimate of drug-likeness (QED) is 0.632. The van der Waals surface area contributed by atoms with Gasteiger partial charge in [0.1, 0.15) is 6.04 Å². The molecule has 160 valence electrons. The molecule has 2 unspecified atom stereocenters. The zero-order valence-electron chi connectivity index (χ0n) is 17.5. The predicted octanol–water partition coefficient (Wildman–Crippen LogP) is 3.25. The molecule has 7 heteroatoms. The van der Waals surface area contributed by atoms with Gasteiger partial charge >= 0.3 is 0 Å². The fourth-order valence-corrected chi connectivity index (χ4v) is 3.72. The van der Waals surface area contributed by atoms with E-state index >= 15 is 0 Å². The molecule has 0 aliphatic carbocycles. The second-order valence-electron chi connectivity index (χ2n) is 7.94. The van der Waals surface area contributed by atoms with E-state index in [2.05, 4.69) is 17.6 Å². The van der Waals surface area contributed by atoms with Crippen LogP contribution in [0.25, 0.3) is 0 Å². The minimum Gasteiger partial charge on any atom is -0.356 e. The Morgan fingerprint density at radius 2 is 1.97 bits per heavy atom. The molecule has 0 bridgehead atoms. The molecule has 2 atom stereocenters.